The van der Waals surface area contributed by atoms with Crippen LogP contribution in [0, 0.1) is 0 Å². The van der Waals surface area contributed by atoms with E-state index < -0.39 is 10.0 Å². The highest BCUT2D eigenvalue weighted by atomic mass is 32.2. The smallest absolute Gasteiger partial charge is 0.240 e. The highest BCUT2D eigenvalue weighted by Gasteiger charge is 2.20. The summed E-state index contributed by atoms with van der Waals surface area (Å²) in [6.07, 6.45) is 3.81. The summed E-state index contributed by atoms with van der Waals surface area (Å²) in [5.41, 5.74) is 1.79. The van der Waals surface area contributed by atoms with Gasteiger partial charge in [0.1, 0.15) is 0 Å². The largest absolute Gasteiger partial charge is 0.377 e. The van der Waals surface area contributed by atoms with Crippen molar-refractivity contribution in [3.05, 3.63) is 60.2 Å². The first-order valence-electron chi connectivity index (χ1n) is 9.58. The number of hydrogen-bond donors (Lipinski definition) is 2. The molecule has 1 amide bonds. The molecule has 0 spiro atoms. The number of aryl methyl sites for hydroxylation is 1. The molecular weight excluding hydrogens is 376 g/mol. The molecule has 1 aliphatic heterocycles. The number of sulfonamides is 1. The van der Waals surface area contributed by atoms with Crippen LogP contribution in [0.2, 0.25) is 0 Å². The Bertz CT molecular complexity index is 861. The van der Waals surface area contributed by atoms with E-state index in [-0.39, 0.29) is 23.5 Å². The molecule has 0 saturated carbocycles. The fraction of sp³-hybridized carbons (Fsp3) is 0.381. The van der Waals surface area contributed by atoms with E-state index in [2.05, 4.69) is 10.0 Å². The van der Waals surface area contributed by atoms with Crippen molar-refractivity contribution in [2.24, 2.45) is 0 Å². The lowest BCUT2D eigenvalue weighted by Crippen LogP contribution is -2.31. The number of nitrogens with one attached hydrogen (secondary N) is 2. The summed E-state index contributed by atoms with van der Waals surface area (Å²) in [7, 11) is -3.58. The third-order valence-corrected chi connectivity index (χ3v) is 6.12. The van der Waals surface area contributed by atoms with Crippen molar-refractivity contribution < 1.29 is 17.9 Å². The first kappa shape index (κ1) is 20.5. The van der Waals surface area contributed by atoms with Gasteiger partial charge in [-0.3, -0.25) is 4.79 Å². The lowest BCUT2D eigenvalue weighted by atomic mass is 10.1. The van der Waals surface area contributed by atoms with Gasteiger partial charge in [0.15, 0.2) is 0 Å². The van der Waals surface area contributed by atoms with Crippen molar-refractivity contribution in [2.45, 2.75) is 43.1 Å². The summed E-state index contributed by atoms with van der Waals surface area (Å²) < 4.78 is 32.7. The van der Waals surface area contributed by atoms with E-state index in [0.717, 1.165) is 25.7 Å². The summed E-state index contributed by atoms with van der Waals surface area (Å²) >= 11 is 0. The molecule has 1 aliphatic rings. The molecule has 1 heterocycles. The molecule has 1 atom stereocenters. The van der Waals surface area contributed by atoms with E-state index in [9.17, 15) is 13.2 Å². The Morgan fingerprint density at radius 3 is 2.50 bits per heavy atom. The highest BCUT2D eigenvalue weighted by Crippen LogP contribution is 2.16. The number of anilines is 1. The quantitative estimate of drug-likeness (QED) is 0.675. The molecule has 150 valence electrons. The Morgan fingerprint density at radius 2 is 1.82 bits per heavy atom. The van der Waals surface area contributed by atoms with Gasteiger partial charge in [-0.15, -0.1) is 0 Å². The molecule has 7 heteroatoms. The van der Waals surface area contributed by atoms with Gasteiger partial charge in [0, 0.05) is 25.3 Å². The molecule has 1 fully saturated rings. The fourth-order valence-corrected chi connectivity index (χ4v) is 4.20. The van der Waals surface area contributed by atoms with Crippen LogP contribution in [-0.4, -0.2) is 33.6 Å². The molecular formula is C21H26N2O4S. The molecule has 0 unspecified atom stereocenters. The standard InChI is InChI=1S/C21H26N2O4S/c24-21(10-4-8-17-6-2-1-3-7-17)23-18-11-13-20(14-12-18)28(25,26)22-16-19-9-5-15-27-19/h1-3,6-7,11-14,19,22H,4-5,8-10,15-16H2,(H,23,24)/t19-/m1/s1. The molecule has 6 nitrogen and oxygen atoms in total. The maximum Gasteiger partial charge on any atom is 0.240 e. The molecule has 2 aromatic carbocycles. The average Bonchev–Trinajstić information content (AvgIpc) is 3.21. The number of carbonyl (C=O) groups excluding carboxylic acids is 1. The van der Waals surface area contributed by atoms with Crippen LogP contribution >= 0.6 is 0 Å². The van der Waals surface area contributed by atoms with E-state index in [1.54, 1.807) is 12.1 Å². The minimum Gasteiger partial charge on any atom is -0.377 e. The maximum absolute atomic E-state index is 12.3. The van der Waals surface area contributed by atoms with Crippen molar-refractivity contribution in [3.8, 4) is 0 Å². The van der Waals surface area contributed by atoms with Crippen LogP contribution in [0.25, 0.3) is 0 Å². The number of rotatable bonds is 9. The first-order valence-corrected chi connectivity index (χ1v) is 11.1. The maximum atomic E-state index is 12.3. The van der Waals surface area contributed by atoms with E-state index in [1.807, 2.05) is 30.3 Å². The second kappa shape index (κ2) is 9.82. The van der Waals surface area contributed by atoms with Crippen LogP contribution in [-0.2, 0) is 26.0 Å². The Kier molecular flexibility index (Phi) is 7.19. The minimum atomic E-state index is -3.58. The van der Waals surface area contributed by atoms with Crippen LogP contribution in [0.15, 0.2) is 59.5 Å². The second-order valence-electron chi connectivity index (χ2n) is 6.90. The molecule has 2 aromatic rings. The number of ether oxygens (including phenoxy) is 1. The molecule has 1 saturated heterocycles. The molecule has 2 N–H and O–H groups in total. The molecule has 0 bridgehead atoms. The predicted octanol–water partition coefficient (Wildman–Crippen LogP) is 3.11. The Labute approximate surface area is 166 Å². The van der Waals surface area contributed by atoms with Crippen LogP contribution < -0.4 is 10.0 Å². The highest BCUT2D eigenvalue weighted by molar-refractivity contribution is 7.89. The van der Waals surface area contributed by atoms with Gasteiger partial charge < -0.3 is 10.1 Å². The monoisotopic (exact) mass is 402 g/mol. The summed E-state index contributed by atoms with van der Waals surface area (Å²) in [6.45, 7) is 0.967. The van der Waals surface area contributed by atoms with Gasteiger partial charge in [0.2, 0.25) is 15.9 Å². The zero-order chi connectivity index (χ0) is 19.8. The summed E-state index contributed by atoms with van der Waals surface area (Å²) in [6, 6.07) is 16.2. The van der Waals surface area contributed by atoms with Crippen molar-refractivity contribution >= 4 is 21.6 Å². The van der Waals surface area contributed by atoms with Crippen molar-refractivity contribution in [3.63, 3.8) is 0 Å². The summed E-state index contributed by atoms with van der Waals surface area (Å²) in [5.74, 6) is -0.0805. The molecule has 0 aliphatic carbocycles. The van der Waals surface area contributed by atoms with Crippen LogP contribution in [0.4, 0.5) is 5.69 Å². The summed E-state index contributed by atoms with van der Waals surface area (Å²) in [5, 5.41) is 2.81. The van der Waals surface area contributed by atoms with E-state index in [4.69, 9.17) is 4.74 Å². The van der Waals surface area contributed by atoms with E-state index in [0.29, 0.717) is 18.7 Å². The number of benzene rings is 2. The predicted molar refractivity (Wildman–Crippen MR) is 109 cm³/mol. The lowest BCUT2D eigenvalue weighted by molar-refractivity contribution is -0.116. The van der Waals surface area contributed by atoms with E-state index >= 15 is 0 Å². The second-order valence-corrected chi connectivity index (χ2v) is 8.67. The number of amides is 1. The van der Waals surface area contributed by atoms with Gasteiger partial charge in [-0.2, -0.15) is 0 Å². The fourth-order valence-electron chi connectivity index (χ4n) is 3.13. The van der Waals surface area contributed by atoms with Crippen LogP contribution in [0.5, 0.6) is 0 Å². The molecule has 28 heavy (non-hydrogen) atoms. The SMILES string of the molecule is O=C(CCCc1ccccc1)Nc1ccc(S(=O)(=O)NC[C@H]2CCCO2)cc1. The van der Waals surface area contributed by atoms with Crippen molar-refractivity contribution in [1.82, 2.24) is 4.72 Å². The van der Waals surface area contributed by atoms with Gasteiger partial charge in [-0.25, -0.2) is 13.1 Å². The van der Waals surface area contributed by atoms with Crippen molar-refractivity contribution in [2.75, 3.05) is 18.5 Å². The van der Waals surface area contributed by atoms with Crippen LogP contribution in [0.3, 0.4) is 0 Å². The van der Waals surface area contributed by atoms with Gasteiger partial charge in [0.25, 0.3) is 0 Å². The minimum absolute atomic E-state index is 0.0516. The van der Waals surface area contributed by atoms with Crippen molar-refractivity contribution in [1.29, 1.82) is 0 Å². The van der Waals surface area contributed by atoms with E-state index in [1.165, 1.54) is 17.7 Å². The lowest BCUT2D eigenvalue weighted by Gasteiger charge is -2.12. The Balaban J connectivity index is 1.45. The zero-order valence-corrected chi connectivity index (χ0v) is 16.6. The third kappa shape index (κ3) is 6.15. The Hall–Kier alpha value is -2.22. The number of carbonyl (C=O) groups is 1. The zero-order valence-electron chi connectivity index (χ0n) is 15.8. The van der Waals surface area contributed by atoms with Crippen LogP contribution in [0.1, 0.15) is 31.2 Å². The molecule has 0 aromatic heterocycles. The van der Waals surface area contributed by atoms with Gasteiger partial charge in [-0.1, -0.05) is 30.3 Å². The number of hydrogen-bond acceptors (Lipinski definition) is 4. The third-order valence-electron chi connectivity index (χ3n) is 4.69. The average molecular weight is 403 g/mol. The molecule has 0 radical (unpaired) electrons. The van der Waals surface area contributed by atoms with Gasteiger partial charge >= 0.3 is 0 Å². The first-order chi connectivity index (χ1) is 13.5. The summed E-state index contributed by atoms with van der Waals surface area (Å²) in [4.78, 5) is 12.3. The normalized spacial score (nSPS) is 16.8. The molecule has 3 rings (SSSR count). The Morgan fingerprint density at radius 1 is 1.07 bits per heavy atom. The van der Waals surface area contributed by atoms with Gasteiger partial charge in [-0.05, 0) is 55.5 Å². The van der Waals surface area contributed by atoms with Gasteiger partial charge in [0.05, 0.1) is 11.0 Å². The topological polar surface area (TPSA) is 84.5 Å².